The first-order valence-electron chi connectivity index (χ1n) is 6.88. The summed E-state index contributed by atoms with van der Waals surface area (Å²) in [4.78, 5) is 9.37. The van der Waals surface area contributed by atoms with Crippen molar-refractivity contribution in [2.45, 2.75) is 18.8 Å². The highest BCUT2D eigenvalue weighted by molar-refractivity contribution is 7.12. The van der Waals surface area contributed by atoms with Crippen LogP contribution in [-0.4, -0.2) is 27.7 Å². The number of pyridine rings is 1. The molecule has 3 aromatic heterocycles. The van der Waals surface area contributed by atoms with E-state index in [1.54, 1.807) is 11.3 Å². The molecule has 102 valence electrons. The predicted octanol–water partition coefficient (Wildman–Crippen LogP) is 3.38. The average Bonchev–Trinajstić information content (AvgIpc) is 3.14. The molecule has 0 N–H and O–H groups in total. The van der Waals surface area contributed by atoms with Crippen molar-refractivity contribution in [3.63, 3.8) is 0 Å². The number of hydrogen-bond donors (Lipinski definition) is 0. The van der Waals surface area contributed by atoms with Crippen LogP contribution >= 0.6 is 11.3 Å². The van der Waals surface area contributed by atoms with E-state index in [0.29, 0.717) is 5.92 Å². The van der Waals surface area contributed by atoms with E-state index in [-0.39, 0.29) is 0 Å². The largest absolute Gasteiger partial charge is 0.381 e. The summed E-state index contributed by atoms with van der Waals surface area (Å²) in [5.41, 5.74) is 1.93. The van der Waals surface area contributed by atoms with E-state index in [9.17, 15) is 0 Å². The van der Waals surface area contributed by atoms with Gasteiger partial charge < -0.3 is 4.74 Å². The van der Waals surface area contributed by atoms with E-state index < -0.39 is 0 Å². The van der Waals surface area contributed by atoms with Gasteiger partial charge in [0.15, 0.2) is 5.65 Å². The molecule has 5 heteroatoms. The zero-order chi connectivity index (χ0) is 13.4. The van der Waals surface area contributed by atoms with E-state index in [1.165, 1.54) is 5.00 Å². The van der Waals surface area contributed by atoms with Crippen LogP contribution in [-0.2, 0) is 4.74 Å². The Bertz CT molecular complexity index is 714. The van der Waals surface area contributed by atoms with Gasteiger partial charge in [-0.25, -0.2) is 9.97 Å². The highest BCUT2D eigenvalue weighted by Crippen LogP contribution is 2.32. The van der Waals surface area contributed by atoms with Crippen LogP contribution in [0.25, 0.3) is 16.2 Å². The Kier molecular flexibility index (Phi) is 3.01. The third-order valence-corrected chi connectivity index (χ3v) is 4.61. The fraction of sp³-hybridized carbons (Fsp3) is 0.333. The number of nitrogens with zero attached hydrogens (tertiary/aromatic N) is 3. The minimum Gasteiger partial charge on any atom is -0.381 e. The lowest BCUT2D eigenvalue weighted by atomic mass is 9.99. The molecule has 4 heterocycles. The highest BCUT2D eigenvalue weighted by Gasteiger charge is 2.24. The van der Waals surface area contributed by atoms with Gasteiger partial charge in [-0.3, -0.25) is 4.57 Å². The highest BCUT2D eigenvalue weighted by atomic mass is 32.1. The van der Waals surface area contributed by atoms with Crippen molar-refractivity contribution in [2.24, 2.45) is 0 Å². The topological polar surface area (TPSA) is 39.9 Å². The normalized spacial score (nSPS) is 16.8. The maximum atomic E-state index is 5.48. The minimum absolute atomic E-state index is 0.458. The number of aromatic nitrogens is 3. The van der Waals surface area contributed by atoms with Crippen molar-refractivity contribution in [3.8, 4) is 5.00 Å². The van der Waals surface area contributed by atoms with Crippen LogP contribution in [0.4, 0.5) is 0 Å². The summed E-state index contributed by atoms with van der Waals surface area (Å²) in [6.07, 6.45) is 3.91. The van der Waals surface area contributed by atoms with Crippen LogP contribution < -0.4 is 0 Å². The number of hydrogen-bond acceptors (Lipinski definition) is 4. The molecule has 20 heavy (non-hydrogen) atoms. The van der Waals surface area contributed by atoms with Gasteiger partial charge in [-0.15, -0.1) is 11.3 Å². The molecule has 3 aromatic rings. The van der Waals surface area contributed by atoms with Crippen LogP contribution in [0.3, 0.4) is 0 Å². The van der Waals surface area contributed by atoms with Crippen molar-refractivity contribution >= 4 is 22.5 Å². The van der Waals surface area contributed by atoms with Crippen molar-refractivity contribution in [3.05, 3.63) is 41.7 Å². The van der Waals surface area contributed by atoms with Gasteiger partial charge in [0, 0.05) is 25.3 Å². The Morgan fingerprint density at radius 2 is 2.10 bits per heavy atom. The van der Waals surface area contributed by atoms with Crippen molar-refractivity contribution in [1.29, 1.82) is 0 Å². The zero-order valence-corrected chi connectivity index (χ0v) is 11.8. The summed E-state index contributed by atoms with van der Waals surface area (Å²) in [5.74, 6) is 1.59. The van der Waals surface area contributed by atoms with Gasteiger partial charge in [0.05, 0.1) is 0 Å². The fourth-order valence-corrected chi connectivity index (χ4v) is 3.51. The first-order valence-corrected chi connectivity index (χ1v) is 7.76. The molecule has 1 aliphatic heterocycles. The standard InChI is InChI=1S/C15H15N3OS/c1-3-12-15(16-7-1)18(13-4-2-10-20-13)14(17-12)11-5-8-19-9-6-11/h1-4,7,10-11H,5-6,8-9H2. The quantitative estimate of drug-likeness (QED) is 0.724. The molecule has 4 nitrogen and oxygen atoms in total. The molecule has 1 aliphatic rings. The first-order chi connectivity index (χ1) is 9.93. The number of imidazole rings is 1. The molecular weight excluding hydrogens is 270 g/mol. The second kappa shape index (κ2) is 5.00. The first kappa shape index (κ1) is 12.1. The molecule has 1 fully saturated rings. The second-order valence-electron chi connectivity index (χ2n) is 4.99. The zero-order valence-electron chi connectivity index (χ0n) is 11.0. The van der Waals surface area contributed by atoms with Gasteiger partial charge in [-0.05, 0) is 42.5 Å². The van der Waals surface area contributed by atoms with E-state index in [2.05, 4.69) is 27.1 Å². The summed E-state index contributed by atoms with van der Waals surface area (Å²) in [7, 11) is 0. The number of ether oxygens (including phenoxy) is 1. The van der Waals surface area contributed by atoms with Gasteiger partial charge in [0.25, 0.3) is 0 Å². The van der Waals surface area contributed by atoms with Crippen LogP contribution in [0.1, 0.15) is 24.6 Å². The summed E-state index contributed by atoms with van der Waals surface area (Å²) < 4.78 is 7.69. The lowest BCUT2D eigenvalue weighted by Crippen LogP contribution is -2.17. The molecule has 0 amide bonds. The Morgan fingerprint density at radius 1 is 1.20 bits per heavy atom. The van der Waals surface area contributed by atoms with Crippen LogP contribution in [0.15, 0.2) is 35.8 Å². The smallest absolute Gasteiger partial charge is 0.165 e. The van der Waals surface area contributed by atoms with Crippen LogP contribution in [0, 0.1) is 0 Å². The molecule has 0 bridgehead atoms. The molecule has 0 saturated carbocycles. The third kappa shape index (κ3) is 1.94. The van der Waals surface area contributed by atoms with Gasteiger partial charge in [0.2, 0.25) is 0 Å². The molecule has 0 atom stereocenters. The average molecular weight is 285 g/mol. The SMILES string of the molecule is c1csc(-n2c(C3CCOCC3)nc3cccnc32)c1. The maximum Gasteiger partial charge on any atom is 0.165 e. The lowest BCUT2D eigenvalue weighted by molar-refractivity contribution is 0.0834. The van der Waals surface area contributed by atoms with E-state index in [1.807, 2.05) is 18.3 Å². The predicted molar refractivity (Wildman–Crippen MR) is 79.5 cm³/mol. The Hall–Kier alpha value is -1.72. The van der Waals surface area contributed by atoms with Crippen molar-refractivity contribution < 1.29 is 4.74 Å². The third-order valence-electron chi connectivity index (χ3n) is 3.75. The molecule has 4 rings (SSSR count). The number of thiophene rings is 1. The molecule has 0 aliphatic carbocycles. The van der Waals surface area contributed by atoms with Crippen molar-refractivity contribution in [2.75, 3.05) is 13.2 Å². The minimum atomic E-state index is 0.458. The summed E-state index contributed by atoms with van der Waals surface area (Å²) in [6, 6.07) is 8.18. The Balaban J connectivity index is 1.92. The maximum absolute atomic E-state index is 5.48. The van der Waals surface area contributed by atoms with Gasteiger partial charge in [0.1, 0.15) is 16.3 Å². The van der Waals surface area contributed by atoms with E-state index in [0.717, 1.165) is 43.0 Å². The summed E-state index contributed by atoms with van der Waals surface area (Å²) >= 11 is 1.73. The van der Waals surface area contributed by atoms with Gasteiger partial charge in [-0.2, -0.15) is 0 Å². The van der Waals surface area contributed by atoms with Gasteiger partial charge >= 0.3 is 0 Å². The lowest BCUT2D eigenvalue weighted by Gasteiger charge is -2.22. The molecular formula is C15H15N3OS. The van der Waals surface area contributed by atoms with E-state index >= 15 is 0 Å². The van der Waals surface area contributed by atoms with Crippen molar-refractivity contribution in [1.82, 2.24) is 14.5 Å². The fourth-order valence-electron chi connectivity index (χ4n) is 2.77. The molecule has 0 spiro atoms. The molecule has 0 aromatic carbocycles. The van der Waals surface area contributed by atoms with Gasteiger partial charge in [-0.1, -0.05) is 0 Å². The van der Waals surface area contributed by atoms with Crippen LogP contribution in [0.2, 0.25) is 0 Å². The number of rotatable bonds is 2. The Labute approximate surface area is 121 Å². The second-order valence-corrected chi connectivity index (χ2v) is 5.92. The molecule has 0 unspecified atom stereocenters. The Morgan fingerprint density at radius 3 is 2.90 bits per heavy atom. The number of fused-ring (bicyclic) bond motifs is 1. The van der Waals surface area contributed by atoms with E-state index in [4.69, 9.17) is 9.72 Å². The monoisotopic (exact) mass is 285 g/mol. The molecule has 0 radical (unpaired) electrons. The summed E-state index contributed by atoms with van der Waals surface area (Å²) in [6.45, 7) is 1.65. The molecule has 1 saturated heterocycles. The summed E-state index contributed by atoms with van der Waals surface area (Å²) in [5, 5.41) is 3.28. The van der Waals surface area contributed by atoms with Crippen LogP contribution in [0.5, 0.6) is 0 Å².